The molecule has 0 aliphatic rings. The molecule has 0 rings (SSSR count). The van der Waals surface area contributed by atoms with Gasteiger partial charge in [0, 0.05) is 0 Å². The smallest absolute Gasteiger partial charge is 0.133 e. The van der Waals surface area contributed by atoms with Crippen LogP contribution in [0.25, 0.3) is 0 Å². The Morgan fingerprint density at radius 3 is 1.31 bits per heavy atom. The number of rotatable bonds is 2. The molecule has 13 heavy (non-hydrogen) atoms. The lowest BCUT2D eigenvalue weighted by atomic mass is 10.2. The van der Waals surface area contributed by atoms with Crippen LogP contribution in [0.1, 0.15) is 48.5 Å². The molecule has 0 atom stereocenters. The van der Waals surface area contributed by atoms with Crippen LogP contribution in [0.4, 0.5) is 0 Å². The van der Waals surface area contributed by atoms with Crippen LogP contribution >= 0.6 is 0 Å². The first-order valence-electron chi connectivity index (χ1n) is 5.31. The van der Waals surface area contributed by atoms with E-state index in [-0.39, 0.29) is 0 Å². The maximum Gasteiger partial charge on any atom is 0.133 e. The van der Waals surface area contributed by atoms with Gasteiger partial charge in [-0.3, -0.25) is 0 Å². The molecule has 0 aliphatic carbocycles. The molecule has 0 spiro atoms. The minimum Gasteiger partial charge on any atom is -0.337 e. The van der Waals surface area contributed by atoms with Crippen molar-refractivity contribution in [1.29, 1.82) is 0 Å². The Hall–Kier alpha value is 0.177. The summed E-state index contributed by atoms with van der Waals surface area (Å²) in [4.78, 5) is 3.78. The van der Waals surface area contributed by atoms with E-state index in [1.54, 1.807) is 0 Å². The highest BCUT2D eigenvalue weighted by Crippen LogP contribution is 2.48. The van der Waals surface area contributed by atoms with E-state index in [2.05, 4.69) is 60.0 Å². The Balaban J connectivity index is 4.96. The summed E-state index contributed by atoms with van der Waals surface area (Å²) >= 11 is 0. The molecule has 0 aromatic carbocycles. The number of nitrogens with one attached hydrogen (secondary N) is 1. The topological polar surface area (TPSA) is 12.0 Å². The molecule has 0 heterocycles. The highest BCUT2D eigenvalue weighted by Gasteiger charge is 2.48. The van der Waals surface area contributed by atoms with Crippen LogP contribution in [0.5, 0.6) is 0 Å². The molecule has 0 radical (unpaired) electrons. The highest BCUT2D eigenvalue weighted by molar-refractivity contribution is 6.81. The normalized spacial score (nSPS) is 14.8. The van der Waals surface area contributed by atoms with E-state index >= 15 is 0 Å². The zero-order valence-electron chi connectivity index (χ0n) is 10.7. The molecule has 0 unspecified atom stereocenters. The first-order chi connectivity index (χ1) is 5.56. The minimum absolute atomic E-state index is 0.418. The second-order valence-corrected chi connectivity index (χ2v) is 11.8. The van der Waals surface area contributed by atoms with Gasteiger partial charge in [-0.1, -0.05) is 55.0 Å². The van der Waals surface area contributed by atoms with E-state index < -0.39 is 8.24 Å². The van der Waals surface area contributed by atoms with Crippen LogP contribution in [0.2, 0.25) is 16.6 Å². The summed E-state index contributed by atoms with van der Waals surface area (Å²) in [6.07, 6.45) is 0. The summed E-state index contributed by atoms with van der Waals surface area (Å²) in [5.74, 6) is 0. The Bertz CT molecular complexity index is 148. The third-order valence-electron chi connectivity index (χ3n) is 3.53. The summed E-state index contributed by atoms with van der Waals surface area (Å²) in [5, 5.41) is 0.836. The largest absolute Gasteiger partial charge is 0.337 e. The Kier molecular flexibility index (Phi) is 3.79. The van der Waals surface area contributed by atoms with E-state index in [4.69, 9.17) is 0 Å². The second-order valence-electron chi connectivity index (χ2n) is 6.16. The third kappa shape index (κ3) is 2.56. The van der Waals surface area contributed by atoms with Crippen molar-refractivity contribution in [1.82, 2.24) is 4.98 Å². The zero-order chi connectivity index (χ0) is 10.9. The van der Waals surface area contributed by atoms with Gasteiger partial charge in [-0.15, -0.1) is 0 Å². The average Bonchev–Trinajstić information content (AvgIpc) is 1.82. The molecule has 1 nitrogen and oxygen atoms in total. The van der Waals surface area contributed by atoms with Crippen LogP contribution in [-0.4, -0.2) is 14.8 Å². The molecular weight excluding hydrogens is 174 g/mol. The zero-order valence-corrected chi connectivity index (χ0v) is 11.7. The summed E-state index contributed by atoms with van der Waals surface area (Å²) < 4.78 is 0. The van der Waals surface area contributed by atoms with Gasteiger partial charge in [0.05, 0.1) is 0 Å². The Morgan fingerprint density at radius 1 is 0.923 bits per heavy atom. The SMILES string of the molecule is CCN[Si](C)(C(C)(C)C)C(C)(C)C. The van der Waals surface area contributed by atoms with Gasteiger partial charge in [-0.25, -0.2) is 0 Å². The predicted molar refractivity (Wildman–Crippen MR) is 64.7 cm³/mol. The monoisotopic (exact) mass is 201 g/mol. The predicted octanol–water partition coefficient (Wildman–Crippen LogP) is 3.77. The highest BCUT2D eigenvalue weighted by atomic mass is 28.3. The second kappa shape index (κ2) is 3.74. The van der Waals surface area contributed by atoms with Crippen molar-refractivity contribution in [2.75, 3.05) is 6.54 Å². The lowest BCUT2D eigenvalue weighted by Crippen LogP contribution is -2.60. The fraction of sp³-hybridized carbons (Fsp3) is 1.00. The van der Waals surface area contributed by atoms with Crippen molar-refractivity contribution in [3.8, 4) is 0 Å². The molecule has 0 saturated carbocycles. The van der Waals surface area contributed by atoms with Crippen LogP contribution in [0.3, 0.4) is 0 Å². The van der Waals surface area contributed by atoms with Gasteiger partial charge in [-0.05, 0) is 16.6 Å². The van der Waals surface area contributed by atoms with Gasteiger partial charge in [0.2, 0.25) is 0 Å². The molecule has 2 heteroatoms. The van der Waals surface area contributed by atoms with Crippen molar-refractivity contribution in [2.45, 2.75) is 65.1 Å². The lowest BCUT2D eigenvalue weighted by Gasteiger charge is -2.49. The maximum atomic E-state index is 3.78. The number of hydrogen-bond acceptors (Lipinski definition) is 1. The van der Waals surface area contributed by atoms with Crippen LogP contribution in [0, 0.1) is 0 Å². The molecule has 1 N–H and O–H groups in total. The van der Waals surface area contributed by atoms with Crippen molar-refractivity contribution in [3.63, 3.8) is 0 Å². The van der Waals surface area contributed by atoms with Gasteiger partial charge >= 0.3 is 0 Å². The molecular formula is C11H27NSi. The van der Waals surface area contributed by atoms with Crippen LogP contribution in [-0.2, 0) is 0 Å². The van der Waals surface area contributed by atoms with Gasteiger partial charge in [-0.2, -0.15) is 0 Å². The third-order valence-corrected chi connectivity index (χ3v) is 10.6. The fourth-order valence-electron chi connectivity index (χ4n) is 2.01. The first kappa shape index (κ1) is 13.2. The molecule has 0 amide bonds. The van der Waals surface area contributed by atoms with Crippen LogP contribution < -0.4 is 4.98 Å². The van der Waals surface area contributed by atoms with Gasteiger partial charge in [0.15, 0.2) is 0 Å². The van der Waals surface area contributed by atoms with Crippen molar-refractivity contribution in [3.05, 3.63) is 0 Å². The lowest BCUT2D eigenvalue weighted by molar-refractivity contribution is 0.586. The van der Waals surface area contributed by atoms with E-state index in [0.29, 0.717) is 10.1 Å². The van der Waals surface area contributed by atoms with Crippen molar-refractivity contribution < 1.29 is 0 Å². The van der Waals surface area contributed by atoms with Gasteiger partial charge in [0.1, 0.15) is 8.24 Å². The van der Waals surface area contributed by atoms with Crippen molar-refractivity contribution in [2.24, 2.45) is 0 Å². The molecule has 0 aromatic heterocycles. The van der Waals surface area contributed by atoms with Crippen molar-refractivity contribution >= 4 is 8.24 Å². The molecule has 0 bridgehead atoms. The van der Waals surface area contributed by atoms with E-state index in [0.717, 1.165) is 6.54 Å². The first-order valence-corrected chi connectivity index (χ1v) is 7.81. The maximum absolute atomic E-state index is 3.78. The number of hydrogen-bond donors (Lipinski definition) is 1. The Morgan fingerprint density at radius 2 is 1.23 bits per heavy atom. The van der Waals surface area contributed by atoms with Gasteiger partial charge < -0.3 is 4.98 Å². The van der Waals surface area contributed by atoms with E-state index in [1.165, 1.54) is 0 Å². The fourth-order valence-corrected chi connectivity index (χ4v) is 6.03. The molecule has 0 fully saturated rings. The standard InChI is InChI=1S/C11H27NSi/c1-9-12-13(8,10(2,3)4)11(5,6)7/h12H,9H2,1-8H3. The summed E-state index contributed by atoms with van der Waals surface area (Å²) in [6.45, 7) is 20.0. The molecule has 0 aromatic rings. The van der Waals surface area contributed by atoms with E-state index in [1.807, 2.05) is 0 Å². The summed E-state index contributed by atoms with van der Waals surface area (Å²) in [5.41, 5.74) is 0. The quantitative estimate of drug-likeness (QED) is 0.671. The molecule has 0 saturated heterocycles. The van der Waals surface area contributed by atoms with Crippen LogP contribution in [0.15, 0.2) is 0 Å². The molecule has 0 aliphatic heterocycles. The summed E-state index contributed by atoms with van der Waals surface area (Å²) in [6, 6.07) is 0. The van der Waals surface area contributed by atoms with Gasteiger partial charge in [0.25, 0.3) is 0 Å². The Labute approximate surface area is 85.4 Å². The summed E-state index contributed by atoms with van der Waals surface area (Å²) in [7, 11) is -1.40. The minimum atomic E-state index is -1.40. The average molecular weight is 201 g/mol. The molecule has 80 valence electrons. The van der Waals surface area contributed by atoms with E-state index in [9.17, 15) is 0 Å².